The summed E-state index contributed by atoms with van der Waals surface area (Å²) in [5.74, 6) is -0.312. The molecular weight excluding hydrogens is 280 g/mol. The van der Waals surface area contributed by atoms with Gasteiger partial charge in [-0.3, -0.25) is 4.90 Å². The molecule has 0 amide bonds. The number of halogens is 3. The number of nitrogens with zero attached hydrogens (tertiary/aromatic N) is 1. The Morgan fingerprint density at radius 3 is 2.45 bits per heavy atom. The highest BCUT2D eigenvalue weighted by molar-refractivity contribution is 6.30. The lowest BCUT2D eigenvalue weighted by molar-refractivity contribution is 0.0169. The van der Waals surface area contributed by atoms with E-state index in [0.717, 1.165) is 5.56 Å². The number of hydrogen-bond donors (Lipinski definition) is 0. The van der Waals surface area contributed by atoms with Crippen LogP contribution in [0.15, 0.2) is 12.1 Å². The van der Waals surface area contributed by atoms with Gasteiger partial charge in [-0.25, -0.2) is 8.78 Å². The summed E-state index contributed by atoms with van der Waals surface area (Å²) in [6.07, 6.45) is 1.04. The minimum Gasteiger partial charge on any atom is -0.299 e. The smallest absolute Gasteiger partial charge is 0.146 e. The van der Waals surface area contributed by atoms with Crippen molar-refractivity contribution in [1.82, 2.24) is 4.90 Å². The van der Waals surface area contributed by atoms with Crippen LogP contribution in [0.2, 0.25) is 5.02 Å². The lowest BCUT2D eigenvalue weighted by Crippen LogP contribution is -2.44. The quantitative estimate of drug-likeness (QED) is 0.779. The molecule has 0 atom stereocenters. The van der Waals surface area contributed by atoms with E-state index >= 15 is 0 Å². The van der Waals surface area contributed by atoms with Crippen molar-refractivity contribution in [3.05, 3.63) is 34.1 Å². The molecule has 0 aliphatic carbocycles. The fourth-order valence-corrected chi connectivity index (χ4v) is 3.11. The highest BCUT2D eigenvalue weighted by Gasteiger charge is 2.37. The molecule has 1 aliphatic rings. The monoisotopic (exact) mass is 301 g/mol. The zero-order valence-electron chi connectivity index (χ0n) is 12.3. The zero-order chi connectivity index (χ0) is 14.9. The number of rotatable bonds is 3. The van der Waals surface area contributed by atoms with Gasteiger partial charge in [0.25, 0.3) is 0 Å². The van der Waals surface area contributed by atoms with E-state index in [1.165, 1.54) is 0 Å². The van der Waals surface area contributed by atoms with Gasteiger partial charge in [0.1, 0.15) is 11.5 Å². The first-order valence-electron chi connectivity index (χ1n) is 7.17. The molecule has 1 aromatic carbocycles. The van der Waals surface area contributed by atoms with Crippen LogP contribution in [0.1, 0.15) is 37.8 Å². The third-order valence-electron chi connectivity index (χ3n) is 4.36. The highest BCUT2D eigenvalue weighted by atomic mass is 35.5. The minimum atomic E-state index is -1.07. The van der Waals surface area contributed by atoms with E-state index in [4.69, 9.17) is 11.6 Å². The molecule has 1 saturated heterocycles. The zero-order valence-corrected chi connectivity index (χ0v) is 13.1. The Bertz CT molecular complexity index is 480. The third-order valence-corrected chi connectivity index (χ3v) is 4.64. The van der Waals surface area contributed by atoms with Gasteiger partial charge in [-0.05, 0) is 37.3 Å². The van der Waals surface area contributed by atoms with Crippen LogP contribution in [0.5, 0.6) is 0 Å². The average molecular weight is 302 g/mol. The van der Waals surface area contributed by atoms with E-state index in [1.54, 1.807) is 6.07 Å². The van der Waals surface area contributed by atoms with Crippen molar-refractivity contribution >= 4 is 11.6 Å². The van der Waals surface area contributed by atoms with Crippen molar-refractivity contribution in [2.75, 3.05) is 13.1 Å². The average Bonchev–Trinajstić information content (AvgIpc) is 2.38. The summed E-state index contributed by atoms with van der Waals surface area (Å²) in [6.45, 7) is 7.59. The van der Waals surface area contributed by atoms with Gasteiger partial charge in [0.05, 0.1) is 5.02 Å². The standard InChI is InChI=1S/C16H22ClF2N/c1-11(2)16(19)4-6-20(7-5-16)10-13-8-12(3)9-14(17)15(13)18/h8-9,11H,4-7,10H2,1-3H3. The van der Waals surface area contributed by atoms with Gasteiger partial charge in [-0.1, -0.05) is 31.5 Å². The molecule has 0 radical (unpaired) electrons. The first-order valence-corrected chi connectivity index (χ1v) is 7.55. The predicted molar refractivity (Wildman–Crippen MR) is 79.3 cm³/mol. The molecule has 1 nitrogen and oxygen atoms in total. The molecule has 1 aliphatic heterocycles. The Hall–Kier alpha value is -0.670. The number of piperidine rings is 1. The molecular formula is C16H22ClF2N. The number of likely N-dealkylation sites (tertiary alicyclic amines) is 1. The lowest BCUT2D eigenvalue weighted by Gasteiger charge is -2.38. The predicted octanol–water partition coefficient (Wildman–Crippen LogP) is 4.75. The maximum absolute atomic E-state index is 14.5. The van der Waals surface area contributed by atoms with Crippen LogP contribution in [0.4, 0.5) is 8.78 Å². The van der Waals surface area contributed by atoms with E-state index in [-0.39, 0.29) is 16.8 Å². The molecule has 1 heterocycles. The Morgan fingerprint density at radius 1 is 1.30 bits per heavy atom. The van der Waals surface area contributed by atoms with Gasteiger partial charge in [0.15, 0.2) is 0 Å². The molecule has 112 valence electrons. The number of aryl methyl sites for hydroxylation is 1. The number of hydrogen-bond acceptors (Lipinski definition) is 1. The molecule has 4 heteroatoms. The summed E-state index contributed by atoms with van der Waals surface area (Å²) >= 11 is 5.87. The second-order valence-corrected chi connectivity index (χ2v) is 6.59. The Labute approximate surface area is 124 Å². The summed E-state index contributed by atoms with van der Waals surface area (Å²) < 4.78 is 28.5. The fourth-order valence-electron chi connectivity index (χ4n) is 2.81. The van der Waals surface area contributed by atoms with Crippen LogP contribution in [-0.4, -0.2) is 23.7 Å². The topological polar surface area (TPSA) is 3.24 Å². The van der Waals surface area contributed by atoms with Crippen LogP contribution >= 0.6 is 11.6 Å². The Kier molecular flexibility index (Phi) is 4.70. The Morgan fingerprint density at radius 2 is 1.90 bits per heavy atom. The van der Waals surface area contributed by atoms with Gasteiger partial charge >= 0.3 is 0 Å². The summed E-state index contributed by atoms with van der Waals surface area (Å²) in [4.78, 5) is 2.11. The van der Waals surface area contributed by atoms with E-state index in [1.807, 2.05) is 26.8 Å². The first kappa shape index (κ1) is 15.7. The van der Waals surface area contributed by atoms with Gasteiger partial charge in [-0.15, -0.1) is 0 Å². The van der Waals surface area contributed by atoms with Crippen molar-refractivity contribution < 1.29 is 8.78 Å². The normalized spacial score (nSPS) is 19.6. The molecule has 0 saturated carbocycles. The summed E-state index contributed by atoms with van der Waals surface area (Å²) in [7, 11) is 0. The molecule has 0 N–H and O–H groups in total. The molecule has 0 bridgehead atoms. The molecule has 0 unspecified atom stereocenters. The molecule has 0 aromatic heterocycles. The van der Waals surface area contributed by atoms with Crippen molar-refractivity contribution in [3.63, 3.8) is 0 Å². The first-order chi connectivity index (χ1) is 9.32. The molecule has 1 aromatic rings. The van der Waals surface area contributed by atoms with Gasteiger partial charge < -0.3 is 0 Å². The van der Waals surface area contributed by atoms with Crippen LogP contribution in [0, 0.1) is 18.7 Å². The fraction of sp³-hybridized carbons (Fsp3) is 0.625. The maximum Gasteiger partial charge on any atom is 0.146 e. The van der Waals surface area contributed by atoms with Gasteiger partial charge in [-0.2, -0.15) is 0 Å². The van der Waals surface area contributed by atoms with Crippen LogP contribution in [0.3, 0.4) is 0 Å². The van der Waals surface area contributed by atoms with Crippen molar-refractivity contribution in [3.8, 4) is 0 Å². The van der Waals surface area contributed by atoms with Crippen LogP contribution in [-0.2, 0) is 6.54 Å². The SMILES string of the molecule is Cc1cc(Cl)c(F)c(CN2CCC(F)(C(C)C)CC2)c1. The number of alkyl halides is 1. The lowest BCUT2D eigenvalue weighted by atomic mass is 9.83. The van der Waals surface area contributed by atoms with Crippen molar-refractivity contribution in [1.29, 1.82) is 0 Å². The Balaban J connectivity index is 2.03. The second-order valence-electron chi connectivity index (χ2n) is 6.19. The van der Waals surface area contributed by atoms with Gasteiger partial charge in [0.2, 0.25) is 0 Å². The summed E-state index contributed by atoms with van der Waals surface area (Å²) in [5.41, 5.74) is 0.482. The van der Waals surface area contributed by atoms with E-state index in [0.29, 0.717) is 38.0 Å². The minimum absolute atomic E-state index is 0.0369. The number of benzene rings is 1. The maximum atomic E-state index is 14.5. The third kappa shape index (κ3) is 3.32. The highest BCUT2D eigenvalue weighted by Crippen LogP contribution is 2.34. The molecule has 1 fully saturated rings. The van der Waals surface area contributed by atoms with Crippen molar-refractivity contribution in [2.24, 2.45) is 5.92 Å². The van der Waals surface area contributed by atoms with E-state index < -0.39 is 5.67 Å². The van der Waals surface area contributed by atoms with E-state index in [2.05, 4.69) is 4.90 Å². The van der Waals surface area contributed by atoms with E-state index in [9.17, 15) is 8.78 Å². The van der Waals surface area contributed by atoms with Crippen LogP contribution < -0.4 is 0 Å². The summed E-state index contributed by atoms with van der Waals surface area (Å²) in [6, 6.07) is 3.45. The molecule has 0 spiro atoms. The summed E-state index contributed by atoms with van der Waals surface area (Å²) in [5, 5.41) is 0.166. The van der Waals surface area contributed by atoms with Crippen molar-refractivity contribution in [2.45, 2.75) is 45.8 Å². The molecule has 20 heavy (non-hydrogen) atoms. The largest absolute Gasteiger partial charge is 0.299 e. The van der Waals surface area contributed by atoms with Gasteiger partial charge in [0, 0.05) is 25.2 Å². The second kappa shape index (κ2) is 5.98. The molecule has 2 rings (SSSR count). The van der Waals surface area contributed by atoms with Crippen LogP contribution in [0.25, 0.3) is 0 Å².